The summed E-state index contributed by atoms with van der Waals surface area (Å²) < 4.78 is 5.42. The molecule has 1 aromatic heterocycles. The Morgan fingerprint density at radius 3 is 3.25 bits per heavy atom. The number of nitrogens with zero attached hydrogens (tertiary/aromatic N) is 2. The molecule has 0 bridgehead atoms. The molecule has 1 atom stereocenters. The summed E-state index contributed by atoms with van der Waals surface area (Å²) >= 11 is 0. The number of aryl methyl sites for hydroxylation is 1. The lowest BCUT2D eigenvalue weighted by molar-refractivity contribution is 0.0853. The number of carbonyl (C=O) groups is 1. The first-order chi connectivity index (χ1) is 7.75. The maximum atomic E-state index is 11.7. The van der Waals surface area contributed by atoms with Gasteiger partial charge in [0.05, 0.1) is 6.10 Å². The molecule has 0 aliphatic carbocycles. The molecule has 0 aromatic carbocycles. The van der Waals surface area contributed by atoms with E-state index in [9.17, 15) is 4.79 Å². The molecule has 1 aromatic rings. The summed E-state index contributed by atoms with van der Waals surface area (Å²) in [5.41, 5.74) is 0.408. The fourth-order valence-electron chi connectivity index (χ4n) is 1.69. The van der Waals surface area contributed by atoms with Crippen LogP contribution in [0.15, 0.2) is 12.3 Å². The maximum Gasteiger partial charge on any atom is 0.270 e. The van der Waals surface area contributed by atoms with E-state index in [2.05, 4.69) is 15.3 Å². The van der Waals surface area contributed by atoms with Crippen molar-refractivity contribution in [3.63, 3.8) is 0 Å². The first kappa shape index (κ1) is 11.0. The van der Waals surface area contributed by atoms with Crippen molar-refractivity contribution in [3.8, 4) is 0 Å². The summed E-state index contributed by atoms with van der Waals surface area (Å²) in [6, 6.07) is 1.61. The normalized spacial score (nSPS) is 19.7. The molecule has 1 N–H and O–H groups in total. The molecule has 1 saturated heterocycles. The third-order valence-corrected chi connectivity index (χ3v) is 2.52. The van der Waals surface area contributed by atoms with Gasteiger partial charge in [0.2, 0.25) is 0 Å². The molecule has 5 heteroatoms. The Labute approximate surface area is 94.2 Å². The third kappa shape index (κ3) is 2.76. The lowest BCUT2D eigenvalue weighted by Gasteiger charge is -2.10. The molecule has 5 nitrogen and oxygen atoms in total. The zero-order chi connectivity index (χ0) is 11.4. The second-order valence-corrected chi connectivity index (χ2v) is 3.83. The highest BCUT2D eigenvalue weighted by Crippen LogP contribution is 2.10. The van der Waals surface area contributed by atoms with E-state index in [4.69, 9.17) is 4.74 Å². The van der Waals surface area contributed by atoms with Gasteiger partial charge in [0.15, 0.2) is 0 Å². The van der Waals surface area contributed by atoms with E-state index in [-0.39, 0.29) is 12.0 Å². The molecule has 1 fully saturated rings. The van der Waals surface area contributed by atoms with Gasteiger partial charge >= 0.3 is 0 Å². The number of ether oxygens (including phenoxy) is 1. The molecule has 86 valence electrons. The van der Waals surface area contributed by atoms with Crippen molar-refractivity contribution in [2.24, 2.45) is 0 Å². The first-order valence-electron chi connectivity index (χ1n) is 5.45. The van der Waals surface area contributed by atoms with Crippen molar-refractivity contribution in [3.05, 3.63) is 23.8 Å². The van der Waals surface area contributed by atoms with Crippen molar-refractivity contribution in [1.82, 2.24) is 15.3 Å². The predicted molar refractivity (Wildman–Crippen MR) is 58.1 cm³/mol. The monoisotopic (exact) mass is 221 g/mol. The first-order valence-corrected chi connectivity index (χ1v) is 5.45. The highest BCUT2D eigenvalue weighted by molar-refractivity contribution is 5.92. The van der Waals surface area contributed by atoms with Crippen molar-refractivity contribution in [2.75, 3.05) is 13.2 Å². The number of nitrogens with one attached hydrogen (secondary N) is 1. The van der Waals surface area contributed by atoms with Crippen LogP contribution in [0, 0.1) is 6.92 Å². The largest absolute Gasteiger partial charge is 0.376 e. The molecule has 0 spiro atoms. The van der Waals surface area contributed by atoms with Crippen LogP contribution in [0.1, 0.15) is 29.2 Å². The smallest absolute Gasteiger partial charge is 0.270 e. The van der Waals surface area contributed by atoms with E-state index < -0.39 is 0 Å². The number of carbonyl (C=O) groups excluding carboxylic acids is 1. The van der Waals surface area contributed by atoms with Crippen molar-refractivity contribution >= 4 is 5.91 Å². The molecular formula is C11H15N3O2. The van der Waals surface area contributed by atoms with Gasteiger partial charge in [-0.2, -0.15) is 0 Å². The highest BCUT2D eigenvalue weighted by Gasteiger charge is 2.16. The zero-order valence-corrected chi connectivity index (χ0v) is 9.27. The quantitative estimate of drug-likeness (QED) is 0.815. The number of rotatable bonds is 3. The van der Waals surface area contributed by atoms with Gasteiger partial charge in [-0.25, -0.2) is 9.97 Å². The lowest BCUT2D eigenvalue weighted by Crippen LogP contribution is -2.32. The summed E-state index contributed by atoms with van der Waals surface area (Å²) in [7, 11) is 0. The zero-order valence-electron chi connectivity index (χ0n) is 9.27. The Kier molecular flexibility index (Phi) is 3.46. The van der Waals surface area contributed by atoms with E-state index in [1.807, 2.05) is 0 Å². The van der Waals surface area contributed by atoms with Gasteiger partial charge in [0.25, 0.3) is 5.91 Å². The minimum Gasteiger partial charge on any atom is -0.376 e. The van der Waals surface area contributed by atoms with E-state index >= 15 is 0 Å². The van der Waals surface area contributed by atoms with Crippen LogP contribution < -0.4 is 5.32 Å². The Morgan fingerprint density at radius 1 is 1.69 bits per heavy atom. The van der Waals surface area contributed by atoms with Crippen LogP contribution in [0.5, 0.6) is 0 Å². The van der Waals surface area contributed by atoms with Crippen LogP contribution in [0.3, 0.4) is 0 Å². The van der Waals surface area contributed by atoms with Gasteiger partial charge in [0, 0.05) is 19.3 Å². The summed E-state index contributed by atoms with van der Waals surface area (Å²) in [5, 5.41) is 2.81. The SMILES string of the molecule is Cc1nccc(C(=O)NCC2CCCO2)n1. The molecule has 16 heavy (non-hydrogen) atoms. The minimum absolute atomic E-state index is 0.159. The fraction of sp³-hybridized carbons (Fsp3) is 0.545. The standard InChI is InChI=1S/C11H15N3O2/c1-8-12-5-4-10(14-8)11(15)13-7-9-3-2-6-16-9/h4-5,9H,2-3,6-7H2,1H3,(H,13,15). The van der Waals surface area contributed by atoms with E-state index in [0.29, 0.717) is 18.1 Å². The van der Waals surface area contributed by atoms with Crippen LogP contribution >= 0.6 is 0 Å². The number of hydrogen-bond donors (Lipinski definition) is 1. The van der Waals surface area contributed by atoms with E-state index in [1.54, 1.807) is 19.2 Å². The summed E-state index contributed by atoms with van der Waals surface area (Å²) in [6.45, 7) is 3.12. The molecule has 2 heterocycles. The molecule has 0 radical (unpaired) electrons. The third-order valence-electron chi connectivity index (χ3n) is 2.52. The van der Waals surface area contributed by atoms with Crippen molar-refractivity contribution in [1.29, 1.82) is 0 Å². The van der Waals surface area contributed by atoms with Crippen LogP contribution in [-0.4, -0.2) is 35.1 Å². The van der Waals surface area contributed by atoms with E-state index in [1.165, 1.54) is 0 Å². The topological polar surface area (TPSA) is 64.1 Å². The second-order valence-electron chi connectivity index (χ2n) is 3.83. The molecule has 2 rings (SSSR count). The summed E-state index contributed by atoms with van der Waals surface area (Å²) in [6.07, 6.45) is 3.84. The highest BCUT2D eigenvalue weighted by atomic mass is 16.5. The van der Waals surface area contributed by atoms with Gasteiger partial charge in [-0.1, -0.05) is 0 Å². The van der Waals surface area contributed by atoms with Crippen molar-refractivity contribution in [2.45, 2.75) is 25.9 Å². The summed E-state index contributed by atoms with van der Waals surface area (Å²) in [4.78, 5) is 19.7. The lowest BCUT2D eigenvalue weighted by atomic mass is 10.2. The van der Waals surface area contributed by atoms with Crippen LogP contribution in [0.2, 0.25) is 0 Å². The Hall–Kier alpha value is -1.49. The maximum absolute atomic E-state index is 11.7. The van der Waals surface area contributed by atoms with Crippen molar-refractivity contribution < 1.29 is 9.53 Å². The minimum atomic E-state index is -0.166. The second kappa shape index (κ2) is 5.03. The Bertz CT molecular complexity index is 375. The number of aromatic nitrogens is 2. The molecule has 1 amide bonds. The Balaban J connectivity index is 1.87. The molecule has 1 unspecified atom stereocenters. The molecular weight excluding hydrogens is 206 g/mol. The van der Waals surface area contributed by atoms with Gasteiger partial charge in [-0.15, -0.1) is 0 Å². The molecule has 0 saturated carbocycles. The van der Waals surface area contributed by atoms with Gasteiger partial charge in [-0.3, -0.25) is 4.79 Å². The predicted octanol–water partition coefficient (Wildman–Crippen LogP) is 0.694. The van der Waals surface area contributed by atoms with Gasteiger partial charge < -0.3 is 10.1 Å². The van der Waals surface area contributed by atoms with Crippen LogP contribution in [0.25, 0.3) is 0 Å². The summed E-state index contributed by atoms with van der Waals surface area (Å²) in [5.74, 6) is 0.436. The number of hydrogen-bond acceptors (Lipinski definition) is 4. The van der Waals surface area contributed by atoms with Crippen LogP contribution in [-0.2, 0) is 4.74 Å². The number of amides is 1. The average Bonchev–Trinajstić information content (AvgIpc) is 2.78. The van der Waals surface area contributed by atoms with Crippen LogP contribution in [0.4, 0.5) is 0 Å². The van der Waals surface area contributed by atoms with Gasteiger partial charge in [0.1, 0.15) is 11.5 Å². The average molecular weight is 221 g/mol. The molecule has 1 aliphatic rings. The Morgan fingerprint density at radius 2 is 2.56 bits per heavy atom. The fourth-order valence-corrected chi connectivity index (χ4v) is 1.69. The van der Waals surface area contributed by atoms with Gasteiger partial charge in [-0.05, 0) is 25.8 Å². The molecule has 1 aliphatic heterocycles. The van der Waals surface area contributed by atoms with E-state index in [0.717, 1.165) is 19.4 Å².